The van der Waals surface area contributed by atoms with Crippen molar-refractivity contribution in [1.29, 1.82) is 0 Å². The lowest BCUT2D eigenvalue weighted by atomic mass is 10.1. The number of hydrogen-bond donors (Lipinski definition) is 2. The van der Waals surface area contributed by atoms with Gasteiger partial charge >= 0.3 is 6.03 Å². The van der Waals surface area contributed by atoms with Crippen LogP contribution in [0.4, 0.5) is 16.2 Å². The van der Waals surface area contributed by atoms with Gasteiger partial charge in [0.1, 0.15) is 11.3 Å². The largest absolute Gasteiger partial charge is 0.483 e. The highest BCUT2D eigenvalue weighted by Gasteiger charge is 2.36. The zero-order chi connectivity index (χ0) is 24.9. The van der Waals surface area contributed by atoms with E-state index in [-0.39, 0.29) is 17.9 Å². The van der Waals surface area contributed by atoms with E-state index in [0.29, 0.717) is 22.0 Å². The first-order valence-electron chi connectivity index (χ1n) is 10.3. The van der Waals surface area contributed by atoms with Crippen molar-refractivity contribution in [2.45, 2.75) is 0 Å². The molecule has 5 amide bonds. The van der Waals surface area contributed by atoms with Crippen molar-refractivity contribution in [3.05, 3.63) is 93.4 Å². The molecular formula is C25H17BrClN3O5. The summed E-state index contributed by atoms with van der Waals surface area (Å²) in [5.74, 6) is -1.74. The van der Waals surface area contributed by atoms with E-state index in [0.717, 1.165) is 9.37 Å². The Bertz CT molecular complexity index is 1340. The molecule has 0 aromatic heterocycles. The van der Waals surface area contributed by atoms with Crippen LogP contribution < -0.4 is 20.3 Å². The molecule has 0 radical (unpaired) electrons. The van der Waals surface area contributed by atoms with Crippen molar-refractivity contribution in [3.8, 4) is 5.75 Å². The molecule has 1 aliphatic heterocycles. The quantitative estimate of drug-likeness (QED) is 0.337. The summed E-state index contributed by atoms with van der Waals surface area (Å²) in [6.07, 6.45) is 1.32. The highest BCUT2D eigenvalue weighted by atomic mass is 79.9. The maximum absolute atomic E-state index is 13.1. The van der Waals surface area contributed by atoms with Crippen LogP contribution in [-0.2, 0) is 14.4 Å². The number of imide groups is 2. The Kier molecular flexibility index (Phi) is 7.28. The second-order valence-corrected chi connectivity index (χ2v) is 8.67. The van der Waals surface area contributed by atoms with Crippen molar-refractivity contribution < 1.29 is 23.9 Å². The monoisotopic (exact) mass is 553 g/mol. The second-order valence-electron chi connectivity index (χ2n) is 7.32. The summed E-state index contributed by atoms with van der Waals surface area (Å²) in [5, 5.41) is 5.40. The first-order chi connectivity index (χ1) is 16.8. The fraction of sp³-hybridized carbons (Fsp3) is 0.0400. The molecule has 1 fully saturated rings. The highest BCUT2D eigenvalue weighted by molar-refractivity contribution is 9.10. The molecule has 1 heterocycles. The minimum Gasteiger partial charge on any atom is -0.483 e. The average molecular weight is 555 g/mol. The number of anilines is 2. The maximum Gasteiger partial charge on any atom is 0.335 e. The Labute approximate surface area is 213 Å². The van der Waals surface area contributed by atoms with Gasteiger partial charge in [-0.3, -0.25) is 19.7 Å². The summed E-state index contributed by atoms with van der Waals surface area (Å²) in [4.78, 5) is 51.1. The average Bonchev–Trinajstić information content (AvgIpc) is 2.83. The number of benzene rings is 3. The minimum atomic E-state index is -0.845. The third kappa shape index (κ3) is 5.76. The van der Waals surface area contributed by atoms with Gasteiger partial charge in [-0.2, -0.15) is 0 Å². The Balaban J connectivity index is 1.53. The van der Waals surface area contributed by atoms with Crippen LogP contribution >= 0.6 is 27.5 Å². The Morgan fingerprint density at radius 1 is 1.00 bits per heavy atom. The molecule has 35 heavy (non-hydrogen) atoms. The van der Waals surface area contributed by atoms with E-state index >= 15 is 0 Å². The van der Waals surface area contributed by atoms with Crippen LogP contribution in [0.2, 0.25) is 5.02 Å². The standard InChI is InChI=1S/C25H17BrClN3O5/c26-16-5-11-19(12-6-16)30-24(33)20(23(32)29-25(30)34)13-15-3-1-2-4-21(15)35-14-22(31)28-18-9-7-17(27)8-10-18/h1-13H,14H2,(H,28,31)(H,29,32,34)/b20-13+. The normalized spacial score (nSPS) is 14.6. The molecule has 0 atom stereocenters. The summed E-state index contributed by atoms with van der Waals surface area (Å²) in [6.45, 7) is -0.313. The molecule has 4 rings (SSSR count). The van der Waals surface area contributed by atoms with Crippen LogP contribution in [0.5, 0.6) is 5.75 Å². The lowest BCUT2D eigenvalue weighted by Crippen LogP contribution is -2.54. The number of urea groups is 1. The van der Waals surface area contributed by atoms with Crippen LogP contribution in [0.25, 0.3) is 6.08 Å². The molecule has 8 nitrogen and oxygen atoms in total. The molecule has 0 saturated carbocycles. The predicted molar refractivity (Wildman–Crippen MR) is 135 cm³/mol. The van der Waals surface area contributed by atoms with Crippen molar-refractivity contribution in [3.63, 3.8) is 0 Å². The molecule has 3 aromatic carbocycles. The van der Waals surface area contributed by atoms with E-state index in [9.17, 15) is 19.2 Å². The van der Waals surface area contributed by atoms with E-state index in [1.54, 1.807) is 72.8 Å². The molecule has 0 aliphatic carbocycles. The highest BCUT2D eigenvalue weighted by Crippen LogP contribution is 2.26. The third-order valence-electron chi connectivity index (χ3n) is 4.89. The van der Waals surface area contributed by atoms with Crippen molar-refractivity contribution >= 4 is 68.7 Å². The van der Waals surface area contributed by atoms with E-state index in [1.807, 2.05) is 0 Å². The van der Waals surface area contributed by atoms with Crippen LogP contribution in [-0.4, -0.2) is 30.4 Å². The van der Waals surface area contributed by atoms with E-state index < -0.39 is 23.8 Å². The fourth-order valence-corrected chi connectivity index (χ4v) is 3.63. The molecule has 0 unspecified atom stereocenters. The van der Waals surface area contributed by atoms with Crippen LogP contribution in [0.15, 0.2) is 82.8 Å². The number of ether oxygens (including phenoxy) is 1. The number of nitrogens with zero attached hydrogens (tertiary/aromatic N) is 1. The summed E-state index contributed by atoms with van der Waals surface area (Å²) in [5.41, 5.74) is 0.989. The SMILES string of the molecule is O=C(COc1ccccc1/C=C1\C(=O)NC(=O)N(c2ccc(Br)cc2)C1=O)Nc1ccc(Cl)cc1. The van der Waals surface area contributed by atoms with Crippen LogP contribution in [0.1, 0.15) is 5.56 Å². The van der Waals surface area contributed by atoms with Gasteiger partial charge in [0.25, 0.3) is 17.7 Å². The summed E-state index contributed by atoms with van der Waals surface area (Å²) < 4.78 is 6.41. The van der Waals surface area contributed by atoms with E-state index in [2.05, 4.69) is 26.6 Å². The molecule has 10 heteroatoms. The first kappa shape index (κ1) is 24.2. The van der Waals surface area contributed by atoms with E-state index in [4.69, 9.17) is 16.3 Å². The molecule has 1 saturated heterocycles. The number of halogens is 2. The molecule has 0 bridgehead atoms. The fourth-order valence-electron chi connectivity index (χ4n) is 3.24. The number of carbonyl (C=O) groups excluding carboxylic acids is 4. The number of hydrogen-bond acceptors (Lipinski definition) is 5. The third-order valence-corrected chi connectivity index (χ3v) is 5.67. The number of para-hydroxylation sites is 1. The maximum atomic E-state index is 13.1. The van der Waals surface area contributed by atoms with Crippen molar-refractivity contribution in [2.75, 3.05) is 16.8 Å². The predicted octanol–water partition coefficient (Wildman–Crippen LogP) is 4.79. The number of rotatable bonds is 6. The molecule has 0 spiro atoms. The zero-order valence-corrected chi connectivity index (χ0v) is 20.3. The van der Waals surface area contributed by atoms with E-state index in [1.165, 1.54) is 6.08 Å². The number of barbiturate groups is 1. The molecule has 1 aliphatic rings. The van der Waals surface area contributed by atoms with Gasteiger partial charge in [-0.25, -0.2) is 9.69 Å². The molecule has 3 aromatic rings. The summed E-state index contributed by atoms with van der Waals surface area (Å²) >= 11 is 9.15. The van der Waals surface area contributed by atoms with Crippen molar-refractivity contribution in [2.24, 2.45) is 0 Å². The topological polar surface area (TPSA) is 105 Å². The number of amides is 5. The smallest absolute Gasteiger partial charge is 0.335 e. The minimum absolute atomic E-state index is 0.255. The van der Waals surface area contributed by atoms with Gasteiger partial charge in [0.05, 0.1) is 5.69 Å². The van der Waals surface area contributed by atoms with Gasteiger partial charge in [-0.15, -0.1) is 0 Å². The van der Waals surface area contributed by atoms with Crippen LogP contribution in [0, 0.1) is 0 Å². The van der Waals surface area contributed by atoms with Gasteiger partial charge < -0.3 is 10.1 Å². The zero-order valence-electron chi connectivity index (χ0n) is 18.0. The second kappa shape index (κ2) is 10.5. The Morgan fingerprint density at radius 3 is 2.40 bits per heavy atom. The lowest BCUT2D eigenvalue weighted by Gasteiger charge is -2.26. The Hall–Kier alpha value is -3.95. The van der Waals surface area contributed by atoms with Gasteiger partial charge in [-0.1, -0.05) is 45.7 Å². The van der Waals surface area contributed by atoms with Gasteiger partial charge in [-0.05, 0) is 60.7 Å². The summed E-state index contributed by atoms with van der Waals surface area (Å²) in [7, 11) is 0. The van der Waals surface area contributed by atoms with Gasteiger partial charge in [0, 0.05) is 20.7 Å². The lowest BCUT2D eigenvalue weighted by molar-refractivity contribution is -0.122. The molecule has 176 valence electrons. The molecule has 2 N–H and O–H groups in total. The first-order valence-corrected chi connectivity index (χ1v) is 11.4. The molecular weight excluding hydrogens is 538 g/mol. The summed E-state index contributed by atoms with van der Waals surface area (Å²) in [6, 6.07) is 18.9. The Morgan fingerprint density at radius 2 is 1.69 bits per heavy atom. The van der Waals surface area contributed by atoms with Gasteiger partial charge in [0.2, 0.25) is 0 Å². The number of carbonyl (C=O) groups is 4. The van der Waals surface area contributed by atoms with Gasteiger partial charge in [0.15, 0.2) is 6.61 Å². The van der Waals surface area contributed by atoms with Crippen molar-refractivity contribution in [1.82, 2.24) is 5.32 Å². The van der Waals surface area contributed by atoms with Crippen LogP contribution in [0.3, 0.4) is 0 Å². The number of nitrogens with one attached hydrogen (secondary N) is 2.